The number of rotatable bonds is 3. The van der Waals surface area contributed by atoms with Gasteiger partial charge in [-0.1, -0.05) is 30.7 Å². The van der Waals surface area contributed by atoms with Crippen LogP contribution in [0.25, 0.3) is 16.7 Å². The predicted molar refractivity (Wildman–Crippen MR) is 87.3 cm³/mol. The highest BCUT2D eigenvalue weighted by atomic mass is 32.2. The Kier molecular flexibility index (Phi) is 4.07. The van der Waals surface area contributed by atoms with Crippen LogP contribution >= 0.6 is 11.8 Å². The maximum atomic E-state index is 13.4. The molecule has 2 aromatic heterocycles. The molecule has 1 aliphatic carbocycles. The van der Waals surface area contributed by atoms with Crippen LogP contribution in [0.2, 0.25) is 0 Å². The third-order valence-corrected chi connectivity index (χ3v) is 5.68. The Hall–Kier alpha value is -1.87. The molecule has 5 nitrogen and oxygen atoms in total. The Labute approximate surface area is 145 Å². The van der Waals surface area contributed by atoms with Gasteiger partial charge in [-0.25, -0.2) is 4.98 Å². The van der Waals surface area contributed by atoms with Crippen molar-refractivity contribution in [1.29, 1.82) is 0 Å². The highest BCUT2D eigenvalue weighted by Gasteiger charge is 2.38. The molecule has 0 amide bonds. The van der Waals surface area contributed by atoms with E-state index in [4.69, 9.17) is 0 Å². The number of aliphatic hydroxyl groups excluding tert-OH is 1. The molecule has 0 saturated heterocycles. The predicted octanol–water partition coefficient (Wildman–Crippen LogP) is 3.82. The van der Waals surface area contributed by atoms with Gasteiger partial charge in [0.1, 0.15) is 5.03 Å². The van der Waals surface area contributed by atoms with E-state index in [2.05, 4.69) is 15.2 Å². The molecular formula is C16H15F3N4OS. The van der Waals surface area contributed by atoms with Crippen molar-refractivity contribution in [2.45, 2.75) is 48.7 Å². The SMILES string of the molecule is OCc1ccc2nc(SC3CCCC3)c3nnc(C(F)(F)F)n3c2c1. The number of aliphatic hydroxyl groups is 1. The van der Waals surface area contributed by atoms with E-state index < -0.39 is 12.0 Å². The summed E-state index contributed by atoms with van der Waals surface area (Å²) in [6.45, 7) is -0.264. The smallest absolute Gasteiger partial charge is 0.392 e. The molecule has 0 spiro atoms. The minimum Gasteiger partial charge on any atom is -0.392 e. The second kappa shape index (κ2) is 6.14. The van der Waals surface area contributed by atoms with Gasteiger partial charge in [0, 0.05) is 5.25 Å². The molecule has 0 atom stereocenters. The van der Waals surface area contributed by atoms with Gasteiger partial charge in [-0.2, -0.15) is 13.2 Å². The monoisotopic (exact) mass is 368 g/mol. The number of hydrogen-bond acceptors (Lipinski definition) is 5. The molecule has 1 N–H and O–H groups in total. The van der Waals surface area contributed by atoms with Gasteiger partial charge < -0.3 is 5.11 Å². The second-order valence-electron chi connectivity index (χ2n) is 6.10. The largest absolute Gasteiger partial charge is 0.452 e. The Morgan fingerprint density at radius 3 is 2.64 bits per heavy atom. The summed E-state index contributed by atoms with van der Waals surface area (Å²) in [5, 5.41) is 17.3. The molecule has 25 heavy (non-hydrogen) atoms. The van der Waals surface area contributed by atoms with Gasteiger partial charge in [-0.15, -0.1) is 10.2 Å². The van der Waals surface area contributed by atoms with Crippen molar-refractivity contribution < 1.29 is 18.3 Å². The van der Waals surface area contributed by atoms with Crippen molar-refractivity contribution in [3.05, 3.63) is 29.6 Å². The maximum Gasteiger partial charge on any atom is 0.452 e. The van der Waals surface area contributed by atoms with Crippen molar-refractivity contribution in [2.24, 2.45) is 0 Å². The molecule has 0 bridgehead atoms. The summed E-state index contributed by atoms with van der Waals surface area (Å²) >= 11 is 1.48. The Morgan fingerprint density at radius 1 is 1.20 bits per heavy atom. The van der Waals surface area contributed by atoms with Gasteiger partial charge in [0.25, 0.3) is 0 Å². The number of benzene rings is 1. The van der Waals surface area contributed by atoms with Gasteiger partial charge in [0.15, 0.2) is 5.65 Å². The maximum absolute atomic E-state index is 13.4. The number of fused-ring (bicyclic) bond motifs is 3. The fraction of sp³-hybridized carbons (Fsp3) is 0.438. The molecule has 3 aromatic rings. The van der Waals surface area contributed by atoms with Crippen LogP contribution < -0.4 is 0 Å². The lowest BCUT2D eigenvalue weighted by molar-refractivity contribution is -0.145. The Balaban J connectivity index is 1.98. The van der Waals surface area contributed by atoms with Crippen LogP contribution in [-0.4, -0.2) is 29.9 Å². The summed E-state index contributed by atoms with van der Waals surface area (Å²) in [4.78, 5) is 4.53. The highest BCUT2D eigenvalue weighted by Crippen LogP contribution is 2.38. The van der Waals surface area contributed by atoms with Gasteiger partial charge in [0.2, 0.25) is 5.82 Å². The molecule has 2 heterocycles. The first-order valence-corrected chi connectivity index (χ1v) is 8.88. The second-order valence-corrected chi connectivity index (χ2v) is 7.39. The van der Waals surface area contributed by atoms with Gasteiger partial charge in [0.05, 0.1) is 17.6 Å². The fourth-order valence-corrected chi connectivity index (χ4v) is 4.45. The van der Waals surface area contributed by atoms with E-state index in [9.17, 15) is 18.3 Å². The van der Waals surface area contributed by atoms with E-state index in [1.54, 1.807) is 12.1 Å². The molecule has 0 unspecified atom stereocenters. The molecular weight excluding hydrogens is 353 g/mol. The molecule has 0 aliphatic heterocycles. The van der Waals surface area contributed by atoms with Crippen molar-refractivity contribution in [3.8, 4) is 0 Å². The minimum absolute atomic E-state index is 0.117. The number of halogens is 3. The number of nitrogens with zero attached hydrogens (tertiary/aromatic N) is 4. The van der Waals surface area contributed by atoms with Crippen LogP contribution in [0.15, 0.2) is 23.2 Å². The Morgan fingerprint density at radius 2 is 1.96 bits per heavy atom. The molecule has 132 valence electrons. The molecule has 1 saturated carbocycles. The average molecular weight is 368 g/mol. The zero-order valence-electron chi connectivity index (χ0n) is 13.1. The van der Waals surface area contributed by atoms with E-state index in [0.717, 1.165) is 30.1 Å². The van der Waals surface area contributed by atoms with E-state index in [1.807, 2.05) is 0 Å². The topological polar surface area (TPSA) is 63.3 Å². The van der Waals surface area contributed by atoms with E-state index in [0.29, 0.717) is 21.4 Å². The van der Waals surface area contributed by atoms with E-state index in [1.165, 1.54) is 17.8 Å². The van der Waals surface area contributed by atoms with Crippen molar-refractivity contribution >= 4 is 28.4 Å². The lowest BCUT2D eigenvalue weighted by Gasteiger charge is -2.12. The Bertz CT molecular complexity index is 934. The average Bonchev–Trinajstić information content (AvgIpc) is 3.23. The summed E-state index contributed by atoms with van der Waals surface area (Å²) in [5.74, 6) is -1.07. The van der Waals surface area contributed by atoms with Crippen molar-refractivity contribution in [3.63, 3.8) is 0 Å². The third kappa shape index (κ3) is 2.95. The highest BCUT2D eigenvalue weighted by molar-refractivity contribution is 8.00. The van der Waals surface area contributed by atoms with E-state index in [-0.39, 0.29) is 17.8 Å². The molecule has 1 aliphatic rings. The van der Waals surface area contributed by atoms with Gasteiger partial charge >= 0.3 is 6.18 Å². The first-order valence-electron chi connectivity index (χ1n) is 8.00. The quantitative estimate of drug-likeness (QED) is 0.761. The minimum atomic E-state index is -4.63. The van der Waals surface area contributed by atoms with Gasteiger partial charge in [-0.05, 0) is 30.5 Å². The first-order chi connectivity index (χ1) is 12.0. The van der Waals surface area contributed by atoms with E-state index >= 15 is 0 Å². The summed E-state index contributed by atoms with van der Waals surface area (Å²) in [6, 6.07) is 4.78. The molecule has 0 radical (unpaired) electrons. The van der Waals surface area contributed by atoms with Crippen LogP contribution in [0, 0.1) is 0 Å². The molecule has 1 fully saturated rings. The molecule has 1 aromatic carbocycles. The summed E-state index contributed by atoms with van der Waals surface area (Å²) < 4.78 is 41.2. The summed E-state index contributed by atoms with van der Waals surface area (Å²) in [5.41, 5.74) is 1.30. The van der Waals surface area contributed by atoms with Crippen molar-refractivity contribution in [1.82, 2.24) is 19.6 Å². The number of aromatic nitrogens is 4. The van der Waals surface area contributed by atoms with Crippen LogP contribution in [0.4, 0.5) is 13.2 Å². The third-order valence-electron chi connectivity index (χ3n) is 4.37. The van der Waals surface area contributed by atoms with Crippen LogP contribution in [0.1, 0.15) is 37.1 Å². The molecule has 4 rings (SSSR count). The first kappa shape index (κ1) is 16.6. The lowest BCUT2D eigenvalue weighted by Crippen LogP contribution is -2.12. The normalized spacial score (nSPS) is 16.3. The fourth-order valence-electron chi connectivity index (χ4n) is 3.18. The lowest BCUT2D eigenvalue weighted by atomic mass is 10.2. The molecule has 9 heteroatoms. The van der Waals surface area contributed by atoms with Crippen LogP contribution in [-0.2, 0) is 12.8 Å². The number of alkyl halides is 3. The summed E-state index contributed by atoms with van der Waals surface area (Å²) in [7, 11) is 0. The van der Waals surface area contributed by atoms with Crippen LogP contribution in [0.5, 0.6) is 0 Å². The summed E-state index contributed by atoms with van der Waals surface area (Å²) in [6.07, 6.45) is -0.317. The number of thioether (sulfide) groups is 1. The zero-order valence-corrected chi connectivity index (χ0v) is 13.9. The van der Waals surface area contributed by atoms with Crippen molar-refractivity contribution in [2.75, 3.05) is 0 Å². The standard InChI is InChI=1S/C16H15F3N4OS/c17-16(18,19)15-22-21-13-14(25-10-3-1-2-4-10)20-11-6-5-9(8-24)7-12(11)23(13)15/h5-7,10,24H,1-4,8H2. The van der Waals surface area contributed by atoms with Crippen LogP contribution in [0.3, 0.4) is 0 Å². The zero-order chi connectivity index (χ0) is 17.6. The number of hydrogen-bond donors (Lipinski definition) is 1. The van der Waals surface area contributed by atoms with Gasteiger partial charge in [-0.3, -0.25) is 4.40 Å².